The minimum absolute atomic E-state index is 0.167. The van der Waals surface area contributed by atoms with Gasteiger partial charge in [-0.05, 0) is 60.4 Å². The molecule has 0 unspecified atom stereocenters. The number of benzene rings is 3. The van der Waals surface area contributed by atoms with Crippen LogP contribution in [0.15, 0.2) is 60.7 Å². The van der Waals surface area contributed by atoms with Crippen LogP contribution in [0.4, 0.5) is 0 Å². The van der Waals surface area contributed by atoms with E-state index in [1.54, 1.807) is 6.07 Å². The summed E-state index contributed by atoms with van der Waals surface area (Å²) < 4.78 is 22.7. The number of para-hydroxylation sites is 1. The van der Waals surface area contributed by atoms with Crippen molar-refractivity contribution in [1.82, 2.24) is 5.32 Å². The Morgan fingerprint density at radius 2 is 1.79 bits per heavy atom. The Balaban J connectivity index is 1.46. The van der Waals surface area contributed by atoms with Crippen LogP contribution >= 0.6 is 0 Å². The highest BCUT2D eigenvalue weighted by molar-refractivity contribution is 5.94. The van der Waals surface area contributed by atoms with E-state index in [9.17, 15) is 4.79 Å². The fourth-order valence-electron chi connectivity index (χ4n) is 3.71. The molecule has 6 nitrogen and oxygen atoms in total. The highest BCUT2D eigenvalue weighted by atomic mass is 16.7. The molecule has 0 spiro atoms. The summed E-state index contributed by atoms with van der Waals surface area (Å²) >= 11 is 0. The van der Waals surface area contributed by atoms with Crippen molar-refractivity contribution in [3.8, 4) is 23.0 Å². The zero-order valence-corrected chi connectivity index (χ0v) is 19.2. The van der Waals surface area contributed by atoms with Crippen LogP contribution in [0, 0.1) is 0 Å². The van der Waals surface area contributed by atoms with Gasteiger partial charge in [0.15, 0.2) is 11.5 Å². The first-order valence-electron chi connectivity index (χ1n) is 11.2. The van der Waals surface area contributed by atoms with Crippen LogP contribution in [0.3, 0.4) is 0 Å². The van der Waals surface area contributed by atoms with Gasteiger partial charge in [0.05, 0.1) is 6.61 Å². The van der Waals surface area contributed by atoms with Crippen LogP contribution < -0.4 is 24.3 Å². The SMILES string of the molecule is CCOc1ccc(C(=O)NCc2ccc3c(c2)OCO3)cc1COc1ccccc1C(C)C. The van der Waals surface area contributed by atoms with Gasteiger partial charge in [0.1, 0.15) is 18.1 Å². The molecule has 172 valence electrons. The van der Waals surface area contributed by atoms with Gasteiger partial charge >= 0.3 is 0 Å². The summed E-state index contributed by atoms with van der Waals surface area (Å²) in [6.07, 6.45) is 0. The van der Waals surface area contributed by atoms with Crippen LogP contribution in [0.5, 0.6) is 23.0 Å². The first-order chi connectivity index (χ1) is 16.0. The number of fused-ring (bicyclic) bond motifs is 1. The van der Waals surface area contributed by atoms with Crippen molar-refractivity contribution in [3.63, 3.8) is 0 Å². The Morgan fingerprint density at radius 3 is 2.61 bits per heavy atom. The van der Waals surface area contributed by atoms with Gasteiger partial charge in [-0.15, -0.1) is 0 Å². The number of hydrogen-bond acceptors (Lipinski definition) is 5. The zero-order valence-electron chi connectivity index (χ0n) is 19.2. The fraction of sp³-hybridized carbons (Fsp3) is 0.296. The molecule has 3 aromatic carbocycles. The van der Waals surface area contributed by atoms with Crippen molar-refractivity contribution >= 4 is 5.91 Å². The van der Waals surface area contributed by atoms with E-state index in [2.05, 4.69) is 25.2 Å². The Morgan fingerprint density at radius 1 is 0.970 bits per heavy atom. The lowest BCUT2D eigenvalue weighted by atomic mass is 10.0. The Kier molecular flexibility index (Phi) is 7.03. The lowest BCUT2D eigenvalue weighted by Gasteiger charge is -2.16. The van der Waals surface area contributed by atoms with Gasteiger partial charge in [0, 0.05) is 17.7 Å². The Labute approximate surface area is 194 Å². The normalized spacial score (nSPS) is 12.0. The third kappa shape index (κ3) is 5.40. The van der Waals surface area contributed by atoms with E-state index in [-0.39, 0.29) is 12.7 Å². The topological polar surface area (TPSA) is 66.0 Å². The summed E-state index contributed by atoms with van der Waals surface area (Å²) in [4.78, 5) is 12.8. The van der Waals surface area contributed by atoms with Gasteiger partial charge in [-0.1, -0.05) is 38.1 Å². The Bertz CT molecular complexity index is 1130. The lowest BCUT2D eigenvalue weighted by Crippen LogP contribution is -2.23. The van der Waals surface area contributed by atoms with Gasteiger partial charge in [0.25, 0.3) is 5.91 Å². The molecule has 0 aliphatic carbocycles. The second-order valence-corrected chi connectivity index (χ2v) is 8.11. The molecule has 0 saturated carbocycles. The van der Waals surface area contributed by atoms with Crippen molar-refractivity contribution in [2.45, 2.75) is 39.8 Å². The number of nitrogens with one attached hydrogen (secondary N) is 1. The molecular formula is C27H29NO5. The largest absolute Gasteiger partial charge is 0.493 e. The number of carbonyl (C=O) groups excluding carboxylic acids is 1. The number of ether oxygens (including phenoxy) is 4. The average molecular weight is 448 g/mol. The third-order valence-corrected chi connectivity index (χ3v) is 5.44. The van der Waals surface area contributed by atoms with Crippen molar-refractivity contribution in [2.75, 3.05) is 13.4 Å². The maximum Gasteiger partial charge on any atom is 0.251 e. The molecule has 0 saturated heterocycles. The summed E-state index contributed by atoms with van der Waals surface area (Å²) in [5, 5.41) is 2.97. The van der Waals surface area contributed by atoms with Crippen molar-refractivity contribution in [1.29, 1.82) is 0 Å². The minimum atomic E-state index is -0.167. The molecule has 0 bridgehead atoms. The fourth-order valence-corrected chi connectivity index (χ4v) is 3.71. The summed E-state index contributed by atoms with van der Waals surface area (Å²) in [6.45, 7) is 7.66. The molecule has 0 radical (unpaired) electrons. The maximum absolute atomic E-state index is 12.8. The molecule has 6 heteroatoms. The summed E-state index contributed by atoms with van der Waals surface area (Å²) in [5.74, 6) is 3.16. The van der Waals surface area contributed by atoms with Gasteiger partial charge in [0.2, 0.25) is 6.79 Å². The molecule has 0 aromatic heterocycles. The van der Waals surface area contributed by atoms with Crippen LogP contribution in [-0.2, 0) is 13.2 Å². The third-order valence-electron chi connectivity index (χ3n) is 5.44. The van der Waals surface area contributed by atoms with E-state index in [0.29, 0.717) is 42.7 Å². The van der Waals surface area contributed by atoms with Crippen molar-refractivity contribution in [3.05, 3.63) is 82.9 Å². The zero-order chi connectivity index (χ0) is 23.2. The number of carbonyl (C=O) groups is 1. The van der Waals surface area contributed by atoms with E-state index in [1.807, 2.05) is 55.5 Å². The van der Waals surface area contributed by atoms with Gasteiger partial charge < -0.3 is 24.3 Å². The molecule has 4 rings (SSSR count). The van der Waals surface area contributed by atoms with Gasteiger partial charge in [-0.3, -0.25) is 4.79 Å². The molecule has 1 aliphatic rings. The molecular weight excluding hydrogens is 418 g/mol. The van der Waals surface area contributed by atoms with Gasteiger partial charge in [-0.2, -0.15) is 0 Å². The van der Waals surface area contributed by atoms with E-state index in [1.165, 1.54) is 0 Å². The lowest BCUT2D eigenvalue weighted by molar-refractivity contribution is 0.0950. The first-order valence-corrected chi connectivity index (χ1v) is 11.2. The molecule has 1 N–H and O–H groups in total. The van der Waals surface area contributed by atoms with Crippen LogP contribution in [0.1, 0.15) is 53.7 Å². The van der Waals surface area contributed by atoms with E-state index >= 15 is 0 Å². The highest BCUT2D eigenvalue weighted by Crippen LogP contribution is 2.32. The molecule has 0 atom stereocenters. The van der Waals surface area contributed by atoms with Crippen molar-refractivity contribution in [2.24, 2.45) is 0 Å². The smallest absolute Gasteiger partial charge is 0.251 e. The van der Waals surface area contributed by atoms with Crippen LogP contribution in [0.25, 0.3) is 0 Å². The van der Waals surface area contributed by atoms with Crippen LogP contribution in [-0.4, -0.2) is 19.3 Å². The maximum atomic E-state index is 12.8. The quantitative estimate of drug-likeness (QED) is 0.473. The summed E-state index contributed by atoms with van der Waals surface area (Å²) in [5.41, 5.74) is 3.46. The molecule has 3 aromatic rings. The molecule has 1 amide bonds. The average Bonchev–Trinajstić information content (AvgIpc) is 3.30. The van der Waals surface area contributed by atoms with Crippen molar-refractivity contribution < 1.29 is 23.7 Å². The monoisotopic (exact) mass is 447 g/mol. The first kappa shape index (κ1) is 22.5. The van der Waals surface area contributed by atoms with E-state index in [0.717, 1.165) is 28.2 Å². The van der Waals surface area contributed by atoms with E-state index in [4.69, 9.17) is 18.9 Å². The summed E-state index contributed by atoms with van der Waals surface area (Å²) in [7, 11) is 0. The van der Waals surface area contributed by atoms with Crippen LogP contribution in [0.2, 0.25) is 0 Å². The second kappa shape index (κ2) is 10.3. The second-order valence-electron chi connectivity index (χ2n) is 8.11. The number of hydrogen-bond donors (Lipinski definition) is 1. The summed E-state index contributed by atoms with van der Waals surface area (Å²) in [6, 6.07) is 19.1. The highest BCUT2D eigenvalue weighted by Gasteiger charge is 2.15. The predicted molar refractivity (Wildman–Crippen MR) is 126 cm³/mol. The predicted octanol–water partition coefficient (Wildman–Crippen LogP) is 5.45. The molecule has 1 heterocycles. The molecule has 0 fully saturated rings. The minimum Gasteiger partial charge on any atom is -0.493 e. The number of rotatable bonds is 9. The molecule has 1 aliphatic heterocycles. The Hall–Kier alpha value is -3.67. The standard InChI is InChI=1S/C27H29NO5/c1-4-30-23-12-10-20(14-21(23)16-31-24-8-6-5-7-22(24)18(2)3)27(29)28-15-19-9-11-25-26(13-19)33-17-32-25/h5-14,18H,4,15-17H2,1-3H3,(H,28,29). The van der Waals surface area contributed by atoms with Gasteiger partial charge in [-0.25, -0.2) is 0 Å². The molecule has 33 heavy (non-hydrogen) atoms. The number of amides is 1. The van der Waals surface area contributed by atoms with E-state index < -0.39 is 0 Å².